The molecule has 5 nitrogen and oxygen atoms in total. The van der Waals surface area contributed by atoms with Gasteiger partial charge in [-0.3, -0.25) is 9.59 Å². The third-order valence-electron chi connectivity index (χ3n) is 4.64. The molecule has 0 radical (unpaired) electrons. The van der Waals surface area contributed by atoms with Gasteiger partial charge < -0.3 is 15.3 Å². The Balaban J connectivity index is 1.72. The molecule has 1 aromatic rings. The molecule has 1 aliphatic heterocycles. The van der Waals surface area contributed by atoms with Gasteiger partial charge in [-0.1, -0.05) is 26.8 Å². The minimum absolute atomic E-state index is 0.0507. The van der Waals surface area contributed by atoms with Crippen LogP contribution in [0.4, 0.5) is 5.69 Å². The topological polar surface area (TPSA) is 69.6 Å². The Kier molecular flexibility index (Phi) is 3.82. The van der Waals surface area contributed by atoms with Crippen molar-refractivity contribution >= 4 is 17.5 Å². The van der Waals surface area contributed by atoms with E-state index in [1.807, 2.05) is 17.0 Å². The zero-order valence-electron chi connectivity index (χ0n) is 13.9. The molecule has 23 heavy (non-hydrogen) atoms. The number of hydrogen-bond donors (Lipinski definition) is 2. The maximum Gasteiger partial charge on any atom is 0.229 e. The van der Waals surface area contributed by atoms with Crippen LogP contribution in [0.3, 0.4) is 0 Å². The maximum absolute atomic E-state index is 12.5. The fraction of sp³-hybridized carbons (Fsp3) is 0.556. The fourth-order valence-corrected chi connectivity index (χ4v) is 2.98. The van der Waals surface area contributed by atoms with Crippen LogP contribution >= 0.6 is 0 Å². The summed E-state index contributed by atoms with van der Waals surface area (Å²) in [5.41, 5.74) is 1.38. The van der Waals surface area contributed by atoms with Gasteiger partial charge in [0.15, 0.2) is 0 Å². The van der Waals surface area contributed by atoms with Gasteiger partial charge in [0.2, 0.25) is 11.8 Å². The minimum atomic E-state index is -0.333. The summed E-state index contributed by atoms with van der Waals surface area (Å²) < 4.78 is 0. The molecule has 1 aromatic carbocycles. The third kappa shape index (κ3) is 3.33. The van der Waals surface area contributed by atoms with Crippen LogP contribution in [0.15, 0.2) is 18.2 Å². The Labute approximate surface area is 136 Å². The van der Waals surface area contributed by atoms with Gasteiger partial charge in [-0.2, -0.15) is 0 Å². The molecule has 2 N–H and O–H groups in total. The standard InChI is InChI=1S/C18H24N2O3/c1-18(2,3)12-4-7-15(21)14(9-12)19-17(23)11-8-16(22)20(10-11)13-5-6-13/h4,7,9,11,13,21H,5-6,8,10H2,1-3H3,(H,19,23). The number of phenols is 1. The van der Waals surface area contributed by atoms with Crippen LogP contribution in [0.1, 0.15) is 45.6 Å². The van der Waals surface area contributed by atoms with E-state index in [0.717, 1.165) is 18.4 Å². The van der Waals surface area contributed by atoms with Crippen molar-refractivity contribution < 1.29 is 14.7 Å². The summed E-state index contributed by atoms with van der Waals surface area (Å²) in [6, 6.07) is 5.62. The summed E-state index contributed by atoms with van der Waals surface area (Å²) in [5, 5.41) is 12.8. The van der Waals surface area contributed by atoms with Crippen LogP contribution in [0, 0.1) is 5.92 Å². The molecule has 1 atom stereocenters. The molecule has 2 amide bonds. The van der Waals surface area contributed by atoms with Gasteiger partial charge in [-0.15, -0.1) is 0 Å². The van der Waals surface area contributed by atoms with E-state index >= 15 is 0 Å². The molecule has 1 heterocycles. The van der Waals surface area contributed by atoms with Crippen molar-refractivity contribution in [3.8, 4) is 5.75 Å². The molecule has 5 heteroatoms. The number of likely N-dealkylation sites (tertiary alicyclic amines) is 1. The predicted molar refractivity (Wildman–Crippen MR) is 88.3 cm³/mol. The van der Waals surface area contributed by atoms with Crippen molar-refractivity contribution in [3.05, 3.63) is 23.8 Å². The quantitative estimate of drug-likeness (QED) is 0.842. The summed E-state index contributed by atoms with van der Waals surface area (Å²) >= 11 is 0. The van der Waals surface area contributed by atoms with Gasteiger partial charge in [-0.05, 0) is 36.0 Å². The Morgan fingerprint density at radius 3 is 2.61 bits per heavy atom. The van der Waals surface area contributed by atoms with Crippen molar-refractivity contribution in [1.29, 1.82) is 0 Å². The van der Waals surface area contributed by atoms with E-state index < -0.39 is 0 Å². The second-order valence-corrected chi connectivity index (χ2v) is 7.65. The van der Waals surface area contributed by atoms with Gasteiger partial charge in [0.05, 0.1) is 11.6 Å². The summed E-state index contributed by atoms with van der Waals surface area (Å²) in [6.07, 6.45) is 2.37. The van der Waals surface area contributed by atoms with Gasteiger partial charge >= 0.3 is 0 Å². The number of carbonyl (C=O) groups excluding carboxylic acids is 2. The average molecular weight is 316 g/mol. The zero-order chi connectivity index (χ0) is 16.8. The fourth-order valence-electron chi connectivity index (χ4n) is 2.98. The Morgan fingerprint density at radius 2 is 2.00 bits per heavy atom. The van der Waals surface area contributed by atoms with E-state index in [1.54, 1.807) is 6.07 Å². The van der Waals surface area contributed by atoms with Gasteiger partial charge in [-0.25, -0.2) is 0 Å². The van der Waals surface area contributed by atoms with Crippen LogP contribution in [-0.2, 0) is 15.0 Å². The number of phenolic OH excluding ortho intramolecular Hbond substituents is 1. The molecule has 0 bridgehead atoms. The van der Waals surface area contributed by atoms with Crippen molar-refractivity contribution in [2.75, 3.05) is 11.9 Å². The molecule has 1 saturated heterocycles. The number of nitrogens with one attached hydrogen (secondary N) is 1. The van der Waals surface area contributed by atoms with Crippen LogP contribution in [-0.4, -0.2) is 34.4 Å². The van der Waals surface area contributed by atoms with Crippen LogP contribution in [0.2, 0.25) is 0 Å². The molecule has 1 unspecified atom stereocenters. The highest BCUT2D eigenvalue weighted by molar-refractivity contribution is 5.98. The minimum Gasteiger partial charge on any atom is -0.506 e. The lowest BCUT2D eigenvalue weighted by molar-refractivity contribution is -0.128. The van der Waals surface area contributed by atoms with E-state index in [4.69, 9.17) is 0 Å². The monoisotopic (exact) mass is 316 g/mol. The van der Waals surface area contributed by atoms with Crippen LogP contribution < -0.4 is 5.32 Å². The Bertz CT molecular complexity index is 644. The lowest BCUT2D eigenvalue weighted by Crippen LogP contribution is -2.30. The molecule has 1 aliphatic carbocycles. The number of rotatable bonds is 3. The van der Waals surface area contributed by atoms with Crippen molar-refractivity contribution in [2.24, 2.45) is 5.92 Å². The van der Waals surface area contributed by atoms with E-state index in [2.05, 4.69) is 26.1 Å². The molecule has 124 valence electrons. The normalized spacial score (nSPS) is 21.6. The number of amides is 2. The summed E-state index contributed by atoms with van der Waals surface area (Å²) in [4.78, 5) is 26.3. The molecule has 0 spiro atoms. The SMILES string of the molecule is CC(C)(C)c1ccc(O)c(NC(=O)C2CC(=O)N(C3CC3)C2)c1. The second kappa shape index (κ2) is 5.55. The molecule has 1 saturated carbocycles. The van der Waals surface area contributed by atoms with Crippen molar-refractivity contribution in [2.45, 2.75) is 51.5 Å². The van der Waals surface area contributed by atoms with Crippen molar-refractivity contribution in [1.82, 2.24) is 4.90 Å². The van der Waals surface area contributed by atoms with Gasteiger partial charge in [0.25, 0.3) is 0 Å². The molecular weight excluding hydrogens is 292 g/mol. The Morgan fingerprint density at radius 1 is 1.30 bits per heavy atom. The third-order valence-corrected chi connectivity index (χ3v) is 4.64. The molecule has 2 aliphatic rings. The molecule has 0 aromatic heterocycles. The molecular formula is C18H24N2O3. The Hall–Kier alpha value is -2.04. The van der Waals surface area contributed by atoms with Crippen molar-refractivity contribution in [3.63, 3.8) is 0 Å². The van der Waals surface area contributed by atoms with Gasteiger partial charge in [0, 0.05) is 19.0 Å². The summed E-state index contributed by atoms with van der Waals surface area (Å²) in [5.74, 6) is -0.404. The lowest BCUT2D eigenvalue weighted by atomic mass is 9.87. The van der Waals surface area contributed by atoms with Crippen LogP contribution in [0.5, 0.6) is 5.75 Å². The van der Waals surface area contributed by atoms with E-state index in [-0.39, 0.29) is 35.3 Å². The molecule has 3 rings (SSSR count). The van der Waals surface area contributed by atoms with E-state index in [0.29, 0.717) is 18.3 Å². The first-order valence-corrected chi connectivity index (χ1v) is 8.19. The average Bonchev–Trinajstić information content (AvgIpc) is 3.22. The smallest absolute Gasteiger partial charge is 0.229 e. The zero-order valence-corrected chi connectivity index (χ0v) is 13.9. The first-order valence-electron chi connectivity index (χ1n) is 8.19. The summed E-state index contributed by atoms with van der Waals surface area (Å²) in [7, 11) is 0. The number of hydrogen-bond acceptors (Lipinski definition) is 3. The highest BCUT2D eigenvalue weighted by atomic mass is 16.3. The number of benzene rings is 1. The second-order valence-electron chi connectivity index (χ2n) is 7.65. The van der Waals surface area contributed by atoms with E-state index in [1.165, 1.54) is 0 Å². The maximum atomic E-state index is 12.5. The number of aromatic hydroxyl groups is 1. The first-order chi connectivity index (χ1) is 10.8. The number of anilines is 1. The highest BCUT2D eigenvalue weighted by Gasteiger charge is 2.41. The number of nitrogens with zero attached hydrogens (tertiary/aromatic N) is 1. The lowest BCUT2D eigenvalue weighted by Gasteiger charge is -2.21. The van der Waals surface area contributed by atoms with E-state index in [9.17, 15) is 14.7 Å². The first kappa shape index (κ1) is 15.8. The number of carbonyl (C=O) groups is 2. The predicted octanol–water partition coefficient (Wildman–Crippen LogP) is 2.64. The highest BCUT2D eigenvalue weighted by Crippen LogP contribution is 2.34. The van der Waals surface area contributed by atoms with Gasteiger partial charge in [0.1, 0.15) is 5.75 Å². The van der Waals surface area contributed by atoms with Crippen LogP contribution in [0.25, 0.3) is 0 Å². The largest absolute Gasteiger partial charge is 0.506 e. The summed E-state index contributed by atoms with van der Waals surface area (Å²) in [6.45, 7) is 6.73. The molecule has 2 fully saturated rings.